The molecular weight excluding hydrogens is 422 g/mol. The van der Waals surface area contributed by atoms with E-state index in [4.69, 9.17) is 11.6 Å². The quantitative estimate of drug-likeness (QED) is 0.608. The zero-order valence-electron chi connectivity index (χ0n) is 16.5. The van der Waals surface area contributed by atoms with E-state index in [2.05, 4.69) is 9.71 Å². The summed E-state index contributed by atoms with van der Waals surface area (Å²) in [4.78, 5) is 16.4. The van der Waals surface area contributed by atoms with Gasteiger partial charge in [-0.15, -0.1) is 0 Å². The van der Waals surface area contributed by atoms with Crippen LogP contribution >= 0.6 is 11.6 Å². The van der Waals surface area contributed by atoms with Crippen molar-refractivity contribution in [1.29, 1.82) is 0 Å². The van der Waals surface area contributed by atoms with Gasteiger partial charge in [-0.3, -0.25) is 4.79 Å². The van der Waals surface area contributed by atoms with Crippen LogP contribution in [0.15, 0.2) is 82.8 Å². The van der Waals surface area contributed by atoms with E-state index in [0.29, 0.717) is 12.0 Å². The van der Waals surface area contributed by atoms with Crippen molar-refractivity contribution < 1.29 is 13.2 Å². The molecule has 0 aliphatic carbocycles. The maximum absolute atomic E-state index is 12.3. The van der Waals surface area contributed by atoms with Crippen LogP contribution < -0.4 is 10.2 Å². The first-order chi connectivity index (χ1) is 14.3. The molecule has 0 spiro atoms. The number of carbonyl (C=O) groups is 1. The van der Waals surface area contributed by atoms with Crippen LogP contribution in [-0.4, -0.2) is 25.4 Å². The second-order valence-corrected chi connectivity index (χ2v) is 8.90. The second-order valence-electron chi connectivity index (χ2n) is 6.76. The molecule has 0 radical (unpaired) electrons. The number of carbonyl (C=O) groups excluding carboxylic acids is 1. The van der Waals surface area contributed by atoms with Crippen LogP contribution in [0.4, 0.5) is 0 Å². The van der Waals surface area contributed by atoms with Gasteiger partial charge in [-0.1, -0.05) is 59.6 Å². The minimum absolute atomic E-state index is 0.0185. The van der Waals surface area contributed by atoms with E-state index in [1.54, 1.807) is 24.3 Å². The summed E-state index contributed by atoms with van der Waals surface area (Å²) in [5, 5.41) is 0.127. The maximum Gasteiger partial charge on any atom is 0.248 e. The van der Waals surface area contributed by atoms with Crippen LogP contribution in [0, 0.1) is 6.92 Å². The van der Waals surface area contributed by atoms with Gasteiger partial charge in [0.15, 0.2) is 0 Å². The third kappa shape index (κ3) is 5.89. The van der Waals surface area contributed by atoms with Gasteiger partial charge in [0.05, 0.1) is 5.02 Å². The molecule has 3 aromatic rings. The largest absolute Gasteiger partial charge is 0.329 e. The highest BCUT2D eigenvalue weighted by Gasteiger charge is 2.17. The van der Waals surface area contributed by atoms with Gasteiger partial charge in [-0.2, -0.15) is 4.99 Å². The summed E-state index contributed by atoms with van der Waals surface area (Å²) >= 11 is 5.94. The Hall–Kier alpha value is -2.74. The van der Waals surface area contributed by atoms with Gasteiger partial charge in [-0.25, -0.2) is 13.1 Å². The fourth-order valence-electron chi connectivity index (χ4n) is 2.81. The molecule has 0 fully saturated rings. The highest BCUT2D eigenvalue weighted by molar-refractivity contribution is 7.89. The predicted octanol–water partition coefficient (Wildman–Crippen LogP) is 3.29. The summed E-state index contributed by atoms with van der Waals surface area (Å²) in [5.74, 6) is -0.416. The van der Waals surface area contributed by atoms with E-state index in [0.717, 1.165) is 5.56 Å². The predicted molar refractivity (Wildman–Crippen MR) is 117 cm³/mol. The molecule has 1 N–H and O–H groups in total. The Balaban J connectivity index is 1.67. The molecule has 156 valence electrons. The number of hydrogen-bond acceptors (Lipinski definition) is 3. The average molecular weight is 444 g/mol. The third-order valence-electron chi connectivity index (χ3n) is 4.39. The van der Waals surface area contributed by atoms with E-state index in [9.17, 15) is 13.2 Å². The lowest BCUT2D eigenvalue weighted by Crippen LogP contribution is -2.27. The fraction of sp³-hybridized carbons (Fsp3) is 0.182. The van der Waals surface area contributed by atoms with Gasteiger partial charge in [-0.05, 0) is 36.8 Å². The first-order valence-corrected chi connectivity index (χ1v) is 11.2. The number of aromatic nitrogens is 1. The number of aryl methyl sites for hydroxylation is 1. The Labute approximate surface area is 180 Å². The lowest BCUT2D eigenvalue weighted by Gasteiger charge is -2.08. The van der Waals surface area contributed by atoms with E-state index < -0.39 is 15.9 Å². The molecule has 30 heavy (non-hydrogen) atoms. The lowest BCUT2D eigenvalue weighted by molar-refractivity contribution is -0.117. The number of pyridine rings is 1. The topological polar surface area (TPSA) is 80.5 Å². The summed E-state index contributed by atoms with van der Waals surface area (Å²) in [5.41, 5.74) is 2.78. The molecule has 0 atom stereocenters. The normalized spacial score (nSPS) is 12.1. The fourth-order valence-corrected chi connectivity index (χ4v) is 4.36. The van der Waals surface area contributed by atoms with Crippen molar-refractivity contribution in [3.8, 4) is 0 Å². The van der Waals surface area contributed by atoms with E-state index >= 15 is 0 Å². The SMILES string of the molecule is Cc1ccc(Cn2ccccc2=NC(=O)CCNS(=O)(=O)c2ccccc2Cl)cc1. The van der Waals surface area contributed by atoms with E-state index in [1.807, 2.05) is 48.0 Å². The molecule has 0 aliphatic rings. The highest BCUT2D eigenvalue weighted by atomic mass is 35.5. The van der Waals surface area contributed by atoms with Crippen molar-refractivity contribution in [2.75, 3.05) is 6.54 Å². The van der Waals surface area contributed by atoms with Crippen molar-refractivity contribution >= 4 is 27.5 Å². The summed E-state index contributed by atoms with van der Waals surface area (Å²) in [7, 11) is -3.79. The number of hydrogen-bond donors (Lipinski definition) is 1. The summed E-state index contributed by atoms with van der Waals surface area (Å²) in [6.45, 7) is 2.53. The lowest BCUT2D eigenvalue weighted by atomic mass is 10.1. The van der Waals surface area contributed by atoms with Crippen LogP contribution in [-0.2, 0) is 21.4 Å². The highest BCUT2D eigenvalue weighted by Crippen LogP contribution is 2.19. The minimum atomic E-state index is -3.79. The number of sulfonamides is 1. The Morgan fingerprint density at radius 2 is 1.73 bits per heavy atom. The third-order valence-corrected chi connectivity index (χ3v) is 6.35. The van der Waals surface area contributed by atoms with Crippen LogP contribution in [0.1, 0.15) is 17.5 Å². The second kappa shape index (κ2) is 9.84. The maximum atomic E-state index is 12.3. The molecule has 1 heterocycles. The van der Waals surface area contributed by atoms with Gasteiger partial charge < -0.3 is 4.57 Å². The van der Waals surface area contributed by atoms with E-state index in [1.165, 1.54) is 17.7 Å². The van der Waals surface area contributed by atoms with E-state index in [-0.39, 0.29) is 22.9 Å². The van der Waals surface area contributed by atoms with Crippen LogP contribution in [0.2, 0.25) is 5.02 Å². The number of nitrogens with one attached hydrogen (secondary N) is 1. The zero-order valence-corrected chi connectivity index (χ0v) is 18.0. The molecule has 2 aromatic carbocycles. The number of rotatable bonds is 7. The van der Waals surface area contributed by atoms with Crippen molar-refractivity contribution in [3.63, 3.8) is 0 Å². The molecule has 0 saturated carbocycles. The molecule has 8 heteroatoms. The zero-order chi connectivity index (χ0) is 21.6. The number of benzene rings is 2. The van der Waals surface area contributed by atoms with Crippen molar-refractivity contribution in [2.45, 2.75) is 24.8 Å². The molecule has 1 aromatic heterocycles. The Morgan fingerprint density at radius 3 is 2.47 bits per heavy atom. The van der Waals surface area contributed by atoms with Gasteiger partial charge in [0.1, 0.15) is 10.4 Å². The van der Waals surface area contributed by atoms with Crippen LogP contribution in [0.3, 0.4) is 0 Å². The number of amides is 1. The smallest absolute Gasteiger partial charge is 0.248 e. The molecule has 0 aliphatic heterocycles. The first kappa shape index (κ1) is 22.0. The average Bonchev–Trinajstić information content (AvgIpc) is 2.71. The standard InChI is InChI=1S/C22H22ClN3O3S/c1-17-9-11-18(12-10-17)16-26-15-5-4-8-21(26)25-22(27)13-14-24-30(28,29)20-7-3-2-6-19(20)23/h2-12,15,24H,13-14,16H2,1H3. The molecule has 6 nitrogen and oxygen atoms in total. The molecule has 0 unspecified atom stereocenters. The number of nitrogens with zero attached hydrogens (tertiary/aromatic N) is 2. The molecule has 1 amide bonds. The molecule has 0 bridgehead atoms. The van der Waals surface area contributed by atoms with Crippen LogP contribution in [0.5, 0.6) is 0 Å². The van der Waals surface area contributed by atoms with Crippen molar-refractivity contribution in [3.05, 3.63) is 94.6 Å². The Kier molecular flexibility index (Phi) is 7.20. The van der Waals surface area contributed by atoms with Gasteiger partial charge >= 0.3 is 0 Å². The van der Waals surface area contributed by atoms with Gasteiger partial charge in [0.25, 0.3) is 0 Å². The number of halogens is 1. The first-order valence-electron chi connectivity index (χ1n) is 9.38. The van der Waals surface area contributed by atoms with Crippen molar-refractivity contribution in [2.24, 2.45) is 4.99 Å². The van der Waals surface area contributed by atoms with Gasteiger partial charge in [0.2, 0.25) is 15.9 Å². The van der Waals surface area contributed by atoms with Crippen molar-refractivity contribution in [1.82, 2.24) is 9.29 Å². The molecule has 3 rings (SSSR count). The van der Waals surface area contributed by atoms with Crippen LogP contribution in [0.25, 0.3) is 0 Å². The Bertz CT molecular complexity index is 1200. The summed E-state index contributed by atoms with van der Waals surface area (Å²) in [6, 6.07) is 19.7. The summed E-state index contributed by atoms with van der Waals surface area (Å²) in [6.07, 6.45) is 1.79. The minimum Gasteiger partial charge on any atom is -0.329 e. The molecule has 0 saturated heterocycles. The van der Waals surface area contributed by atoms with Gasteiger partial charge in [0, 0.05) is 25.7 Å². The summed E-state index contributed by atoms with van der Waals surface area (Å²) < 4.78 is 28.9. The Morgan fingerprint density at radius 1 is 1.03 bits per heavy atom. The monoisotopic (exact) mass is 443 g/mol. The molecular formula is C22H22ClN3O3S.